The van der Waals surface area contributed by atoms with Crippen LogP contribution in [0.3, 0.4) is 0 Å². The fourth-order valence-electron chi connectivity index (χ4n) is 3.85. The maximum absolute atomic E-state index is 11.9. The first kappa shape index (κ1) is 17.0. The average Bonchev–Trinajstić information content (AvgIpc) is 3.16. The van der Waals surface area contributed by atoms with Crippen LogP contribution < -0.4 is 16.4 Å². The molecule has 0 unspecified atom stereocenters. The van der Waals surface area contributed by atoms with Crippen LogP contribution in [0.1, 0.15) is 42.5 Å². The molecule has 0 radical (unpaired) electrons. The molecule has 1 fully saturated rings. The average molecular weight is 368 g/mol. The highest BCUT2D eigenvalue weighted by Gasteiger charge is 2.43. The van der Waals surface area contributed by atoms with Gasteiger partial charge in [0, 0.05) is 0 Å². The lowest BCUT2D eigenvalue weighted by Crippen LogP contribution is -2.58. The molecule has 1 spiro atoms. The Morgan fingerprint density at radius 3 is 2.48 bits per heavy atom. The van der Waals surface area contributed by atoms with Gasteiger partial charge in [-0.3, -0.25) is 9.47 Å². The molecule has 2 aromatic rings. The van der Waals surface area contributed by atoms with E-state index in [1.54, 1.807) is 40.3 Å². The number of aromatic carboxylic acids is 1. The van der Waals surface area contributed by atoms with Gasteiger partial charge in [0.1, 0.15) is 18.3 Å². The molecule has 4 rings (SSSR count). The normalized spacial score (nSPS) is 18.9. The lowest BCUT2D eigenvalue weighted by Gasteiger charge is -2.46. The molecule has 1 aliphatic heterocycles. The van der Waals surface area contributed by atoms with E-state index in [1.165, 1.54) is 0 Å². The van der Waals surface area contributed by atoms with Gasteiger partial charge in [-0.25, -0.2) is 9.79 Å². The molecule has 10 heteroatoms. The number of hydrogen-bond donors (Lipinski definition) is 3. The molecule has 0 atom stereocenters. The largest absolute Gasteiger partial charge is 0.478 e. The molecule has 5 N–H and O–H groups in total. The van der Waals surface area contributed by atoms with Gasteiger partial charge in [0.15, 0.2) is 0 Å². The van der Waals surface area contributed by atoms with E-state index in [2.05, 4.69) is 20.2 Å². The topological polar surface area (TPSA) is 148 Å². The zero-order valence-electron chi connectivity index (χ0n) is 14.6. The number of aromatic nitrogens is 3. The van der Waals surface area contributed by atoms with E-state index in [4.69, 9.17) is 11.5 Å². The first-order chi connectivity index (χ1) is 13.0. The van der Waals surface area contributed by atoms with Gasteiger partial charge in [-0.05, 0) is 43.9 Å². The second kappa shape index (κ2) is 6.38. The van der Waals surface area contributed by atoms with E-state index < -0.39 is 11.6 Å². The minimum Gasteiger partial charge on any atom is -0.478 e. The number of carboxylic acids is 1. The summed E-state index contributed by atoms with van der Waals surface area (Å²) in [6, 6.07) is 4.97. The van der Waals surface area contributed by atoms with E-state index in [0.29, 0.717) is 11.4 Å². The Hall–Kier alpha value is -3.43. The lowest BCUT2D eigenvalue weighted by atomic mass is 9.87. The summed E-state index contributed by atoms with van der Waals surface area (Å²) < 4.78 is 1.69. The van der Waals surface area contributed by atoms with E-state index in [-0.39, 0.29) is 17.5 Å². The van der Waals surface area contributed by atoms with Crippen molar-refractivity contribution in [3.05, 3.63) is 36.4 Å². The van der Waals surface area contributed by atoms with Gasteiger partial charge in [0.2, 0.25) is 11.9 Å². The Balaban J connectivity index is 1.90. The molecule has 27 heavy (non-hydrogen) atoms. The summed E-state index contributed by atoms with van der Waals surface area (Å²) in [5, 5.41) is 17.3. The number of benzene rings is 1. The fraction of sp³-hybridized carbons (Fsp3) is 0.353. The fourth-order valence-corrected chi connectivity index (χ4v) is 3.85. The Morgan fingerprint density at radius 1 is 1.11 bits per heavy atom. The molecule has 0 bridgehead atoms. The number of anilines is 1. The zero-order valence-corrected chi connectivity index (χ0v) is 14.6. The van der Waals surface area contributed by atoms with Crippen molar-refractivity contribution in [2.24, 2.45) is 21.5 Å². The summed E-state index contributed by atoms with van der Waals surface area (Å²) in [5.41, 5.74) is 12.7. The van der Waals surface area contributed by atoms with Gasteiger partial charge >= 0.3 is 5.97 Å². The summed E-state index contributed by atoms with van der Waals surface area (Å²) in [7, 11) is 0. The van der Waals surface area contributed by atoms with Crippen molar-refractivity contribution in [3.8, 4) is 5.69 Å². The quantitative estimate of drug-likeness (QED) is 0.734. The van der Waals surface area contributed by atoms with Gasteiger partial charge in [-0.1, -0.05) is 6.42 Å². The van der Waals surface area contributed by atoms with Crippen molar-refractivity contribution in [2.75, 3.05) is 4.90 Å². The van der Waals surface area contributed by atoms with Gasteiger partial charge in [0.25, 0.3) is 0 Å². The summed E-state index contributed by atoms with van der Waals surface area (Å²) in [4.78, 5) is 22.3. The summed E-state index contributed by atoms with van der Waals surface area (Å²) in [5.74, 6) is -0.785. The predicted molar refractivity (Wildman–Crippen MR) is 99.9 cm³/mol. The number of nitrogens with two attached hydrogens (primary N) is 2. The molecule has 1 aliphatic carbocycles. The van der Waals surface area contributed by atoms with Gasteiger partial charge < -0.3 is 16.6 Å². The minimum absolute atomic E-state index is 0.116. The highest BCUT2D eigenvalue weighted by molar-refractivity contribution is 6.09. The highest BCUT2D eigenvalue weighted by atomic mass is 16.4. The van der Waals surface area contributed by atoms with Crippen molar-refractivity contribution in [3.63, 3.8) is 0 Å². The number of rotatable bonds is 3. The van der Waals surface area contributed by atoms with Gasteiger partial charge in [0.05, 0.1) is 16.9 Å². The molecular formula is C17H20N8O2. The standard InChI is InChI=1S/C17H20N8O2/c18-15-22-16(19)25(17(23-15)6-2-1-3-7-17)13-8-11(24-9-20-21-10-24)4-5-12(13)14(26)27/h4-5,8-10H,1-3,6-7H2,(H,26,27)(H4,18,19,22,23). The smallest absolute Gasteiger partial charge is 0.337 e. The van der Waals surface area contributed by atoms with Gasteiger partial charge in [-0.15, -0.1) is 10.2 Å². The molecule has 0 saturated heterocycles. The maximum atomic E-state index is 11.9. The monoisotopic (exact) mass is 368 g/mol. The van der Waals surface area contributed by atoms with Crippen molar-refractivity contribution < 1.29 is 9.90 Å². The Labute approximate surface area is 155 Å². The summed E-state index contributed by atoms with van der Waals surface area (Å²) in [6.45, 7) is 0. The van der Waals surface area contributed by atoms with Crippen LogP contribution in [0.15, 0.2) is 40.8 Å². The molecule has 0 amide bonds. The van der Waals surface area contributed by atoms with Crippen LogP contribution in [0, 0.1) is 0 Å². The van der Waals surface area contributed by atoms with Crippen LogP contribution >= 0.6 is 0 Å². The number of aliphatic imine (C=N–C) groups is 2. The molecule has 140 valence electrons. The third-order valence-corrected chi connectivity index (χ3v) is 5.02. The number of hydrogen-bond acceptors (Lipinski definition) is 8. The molecular weight excluding hydrogens is 348 g/mol. The second-order valence-corrected chi connectivity index (χ2v) is 6.69. The van der Waals surface area contributed by atoms with Crippen molar-refractivity contribution in [1.29, 1.82) is 0 Å². The van der Waals surface area contributed by atoms with Gasteiger partial charge in [-0.2, -0.15) is 4.99 Å². The first-order valence-corrected chi connectivity index (χ1v) is 8.72. The molecule has 1 aromatic carbocycles. The Bertz CT molecular complexity index is 928. The van der Waals surface area contributed by atoms with E-state index in [1.807, 2.05) is 0 Å². The van der Waals surface area contributed by atoms with Crippen LogP contribution in [-0.4, -0.2) is 43.4 Å². The van der Waals surface area contributed by atoms with Crippen molar-refractivity contribution in [1.82, 2.24) is 14.8 Å². The van der Waals surface area contributed by atoms with Crippen LogP contribution in [-0.2, 0) is 0 Å². The van der Waals surface area contributed by atoms with E-state index in [0.717, 1.165) is 32.1 Å². The molecule has 1 saturated carbocycles. The zero-order chi connectivity index (χ0) is 19.0. The number of carboxylic acid groups (broad SMARTS) is 1. The van der Waals surface area contributed by atoms with Crippen molar-refractivity contribution in [2.45, 2.75) is 37.8 Å². The molecule has 1 aromatic heterocycles. The second-order valence-electron chi connectivity index (χ2n) is 6.69. The third kappa shape index (κ3) is 2.88. The van der Waals surface area contributed by atoms with Crippen LogP contribution in [0.25, 0.3) is 5.69 Å². The Kier molecular flexibility index (Phi) is 4.02. The number of carbonyl (C=O) groups is 1. The summed E-state index contributed by atoms with van der Waals surface area (Å²) >= 11 is 0. The van der Waals surface area contributed by atoms with Crippen LogP contribution in [0.5, 0.6) is 0 Å². The maximum Gasteiger partial charge on any atom is 0.337 e. The minimum atomic E-state index is -1.05. The third-order valence-electron chi connectivity index (χ3n) is 5.02. The number of guanidine groups is 2. The first-order valence-electron chi connectivity index (χ1n) is 8.72. The molecule has 2 aliphatic rings. The van der Waals surface area contributed by atoms with E-state index in [9.17, 15) is 9.90 Å². The predicted octanol–water partition coefficient (Wildman–Crippen LogP) is 1.08. The Morgan fingerprint density at radius 2 is 1.81 bits per heavy atom. The van der Waals surface area contributed by atoms with Crippen LogP contribution in [0.4, 0.5) is 5.69 Å². The lowest BCUT2D eigenvalue weighted by molar-refractivity contribution is 0.0697. The molecule has 10 nitrogen and oxygen atoms in total. The van der Waals surface area contributed by atoms with Crippen LogP contribution in [0.2, 0.25) is 0 Å². The SMILES string of the molecule is NC1=NC2(CCCCC2)N(c2cc(-n3cnnc3)ccc2C(=O)O)C(N)=N1. The molecule has 2 heterocycles. The number of nitrogens with zero attached hydrogens (tertiary/aromatic N) is 6. The van der Waals surface area contributed by atoms with Crippen molar-refractivity contribution >= 4 is 23.6 Å². The van der Waals surface area contributed by atoms with E-state index >= 15 is 0 Å². The highest BCUT2D eigenvalue weighted by Crippen LogP contribution is 2.41. The summed E-state index contributed by atoms with van der Waals surface area (Å²) in [6.07, 6.45) is 7.52.